The molecule has 0 aromatic heterocycles. The van der Waals surface area contributed by atoms with Crippen molar-refractivity contribution in [3.05, 3.63) is 59.7 Å². The summed E-state index contributed by atoms with van der Waals surface area (Å²) in [6, 6.07) is 13.9. The van der Waals surface area contributed by atoms with Crippen molar-refractivity contribution >= 4 is 27.5 Å². The number of aryl methyl sites for hydroxylation is 1. The van der Waals surface area contributed by atoms with E-state index in [1.165, 1.54) is 11.4 Å². The number of unbranched alkanes of at least 4 members (excludes halogenated alkanes) is 1. The van der Waals surface area contributed by atoms with E-state index in [1.807, 2.05) is 31.2 Å². The minimum Gasteiger partial charge on any atom is -0.497 e. The van der Waals surface area contributed by atoms with E-state index >= 15 is 0 Å². The number of hydrogen-bond acceptors (Lipinski definition) is 5. The number of nitrogens with one attached hydrogen (secondary N) is 1. The molecule has 0 aliphatic heterocycles. The SMILES string of the molecule is CCCCNC(=O)[C@@H](C)N(Cc1ccccc1C)C(=O)CCCN(c1cccc(OC)c1)S(C)(=O)=O. The summed E-state index contributed by atoms with van der Waals surface area (Å²) >= 11 is 0. The highest BCUT2D eigenvalue weighted by molar-refractivity contribution is 7.92. The Labute approximate surface area is 215 Å². The lowest BCUT2D eigenvalue weighted by Gasteiger charge is -2.30. The van der Waals surface area contributed by atoms with E-state index in [2.05, 4.69) is 12.2 Å². The van der Waals surface area contributed by atoms with Gasteiger partial charge < -0.3 is 15.0 Å². The molecule has 1 atom stereocenters. The number of carbonyl (C=O) groups excluding carboxylic acids is 2. The third kappa shape index (κ3) is 8.55. The number of benzene rings is 2. The fraction of sp³-hybridized carbons (Fsp3) is 0.481. The van der Waals surface area contributed by atoms with Crippen molar-refractivity contribution in [3.8, 4) is 5.75 Å². The van der Waals surface area contributed by atoms with Gasteiger partial charge in [-0.25, -0.2) is 8.42 Å². The van der Waals surface area contributed by atoms with Gasteiger partial charge in [-0.05, 0) is 49.9 Å². The van der Waals surface area contributed by atoms with Crippen LogP contribution < -0.4 is 14.4 Å². The molecule has 2 aromatic carbocycles. The highest BCUT2D eigenvalue weighted by Gasteiger charge is 2.27. The number of nitrogens with zero attached hydrogens (tertiary/aromatic N) is 2. The van der Waals surface area contributed by atoms with Crippen molar-refractivity contribution in [1.29, 1.82) is 0 Å². The first-order valence-corrected chi connectivity index (χ1v) is 14.2. The molecule has 0 fully saturated rings. The molecule has 0 radical (unpaired) electrons. The quantitative estimate of drug-likeness (QED) is 0.384. The van der Waals surface area contributed by atoms with Gasteiger partial charge in [-0.2, -0.15) is 0 Å². The minimum absolute atomic E-state index is 0.106. The van der Waals surface area contributed by atoms with Crippen LogP contribution in [-0.4, -0.2) is 57.6 Å². The van der Waals surface area contributed by atoms with Crippen LogP contribution in [0.3, 0.4) is 0 Å². The molecule has 0 saturated carbocycles. The zero-order chi connectivity index (χ0) is 26.7. The molecule has 2 rings (SSSR count). The molecule has 8 nitrogen and oxygen atoms in total. The van der Waals surface area contributed by atoms with Crippen molar-refractivity contribution in [3.63, 3.8) is 0 Å². The van der Waals surface area contributed by atoms with Crippen LogP contribution in [0.5, 0.6) is 5.75 Å². The zero-order valence-corrected chi connectivity index (χ0v) is 22.8. The first kappa shape index (κ1) is 29.2. The van der Waals surface area contributed by atoms with E-state index in [0.29, 0.717) is 30.9 Å². The van der Waals surface area contributed by atoms with Gasteiger partial charge in [0.2, 0.25) is 21.8 Å². The smallest absolute Gasteiger partial charge is 0.242 e. The highest BCUT2D eigenvalue weighted by atomic mass is 32.2. The Bertz CT molecular complexity index is 1120. The first-order chi connectivity index (χ1) is 17.1. The van der Waals surface area contributed by atoms with Gasteiger partial charge >= 0.3 is 0 Å². The summed E-state index contributed by atoms with van der Waals surface area (Å²) in [5.41, 5.74) is 2.48. The van der Waals surface area contributed by atoms with Crippen LogP contribution in [-0.2, 0) is 26.2 Å². The summed E-state index contributed by atoms with van der Waals surface area (Å²) in [6.07, 6.45) is 3.38. The lowest BCUT2D eigenvalue weighted by Crippen LogP contribution is -2.48. The predicted molar refractivity (Wildman–Crippen MR) is 144 cm³/mol. The van der Waals surface area contributed by atoms with Crippen molar-refractivity contribution < 1.29 is 22.7 Å². The van der Waals surface area contributed by atoms with E-state index in [4.69, 9.17) is 4.74 Å². The molecule has 0 spiro atoms. The highest BCUT2D eigenvalue weighted by Crippen LogP contribution is 2.24. The lowest BCUT2D eigenvalue weighted by atomic mass is 10.1. The molecule has 0 saturated heterocycles. The van der Waals surface area contributed by atoms with Gasteiger partial charge in [0.25, 0.3) is 0 Å². The van der Waals surface area contributed by atoms with Gasteiger partial charge in [-0.15, -0.1) is 0 Å². The van der Waals surface area contributed by atoms with Gasteiger partial charge in [0, 0.05) is 32.1 Å². The van der Waals surface area contributed by atoms with Crippen LogP contribution in [0.15, 0.2) is 48.5 Å². The number of anilines is 1. The number of carbonyl (C=O) groups is 2. The fourth-order valence-corrected chi connectivity index (χ4v) is 4.82. The molecular formula is C27H39N3O5S. The Hall–Kier alpha value is -3.07. The number of hydrogen-bond donors (Lipinski definition) is 1. The second kappa shape index (κ2) is 13.9. The second-order valence-corrected chi connectivity index (χ2v) is 10.8. The standard InChI is InChI=1S/C27H39N3O5S/c1-6-7-17-28-27(32)22(3)29(20-23-13-9-8-12-21(23)2)26(31)16-11-18-30(36(5,33)34)24-14-10-15-25(19-24)35-4/h8-10,12-15,19,22H,6-7,11,16-18,20H2,1-5H3,(H,28,32)/t22-/m1/s1. The van der Waals surface area contributed by atoms with Gasteiger partial charge in [-0.1, -0.05) is 43.7 Å². The third-order valence-corrected chi connectivity index (χ3v) is 7.29. The van der Waals surface area contributed by atoms with Crippen molar-refractivity contribution in [2.45, 2.75) is 59.0 Å². The van der Waals surface area contributed by atoms with Crippen LogP contribution in [0, 0.1) is 6.92 Å². The Kier molecular flexibility index (Phi) is 11.2. The number of sulfonamides is 1. The summed E-state index contributed by atoms with van der Waals surface area (Å²) in [4.78, 5) is 27.7. The van der Waals surface area contributed by atoms with Crippen LogP contribution in [0.1, 0.15) is 50.7 Å². The summed E-state index contributed by atoms with van der Waals surface area (Å²) < 4.78 is 31.5. The Morgan fingerprint density at radius 3 is 2.44 bits per heavy atom. The van der Waals surface area contributed by atoms with E-state index in [1.54, 1.807) is 36.1 Å². The van der Waals surface area contributed by atoms with Crippen molar-refractivity contribution in [2.75, 3.05) is 30.8 Å². The van der Waals surface area contributed by atoms with Crippen LogP contribution in [0.25, 0.3) is 0 Å². The van der Waals surface area contributed by atoms with Crippen LogP contribution in [0.4, 0.5) is 5.69 Å². The topological polar surface area (TPSA) is 96.0 Å². The van der Waals surface area contributed by atoms with Crippen molar-refractivity contribution in [2.24, 2.45) is 0 Å². The Morgan fingerprint density at radius 2 is 1.81 bits per heavy atom. The fourth-order valence-electron chi connectivity index (χ4n) is 3.86. The lowest BCUT2D eigenvalue weighted by molar-refractivity contribution is -0.140. The maximum Gasteiger partial charge on any atom is 0.242 e. The minimum atomic E-state index is -3.57. The molecule has 2 aromatic rings. The molecule has 9 heteroatoms. The van der Waals surface area contributed by atoms with E-state index in [0.717, 1.165) is 30.2 Å². The number of ether oxygens (including phenoxy) is 1. The molecule has 0 unspecified atom stereocenters. The summed E-state index contributed by atoms with van der Waals surface area (Å²) in [7, 11) is -2.05. The monoisotopic (exact) mass is 517 g/mol. The predicted octanol–water partition coefficient (Wildman–Crippen LogP) is 3.88. The molecule has 0 aliphatic carbocycles. The average molecular weight is 518 g/mol. The molecule has 198 valence electrons. The molecule has 2 amide bonds. The summed E-state index contributed by atoms with van der Waals surface area (Å²) in [6.45, 7) is 6.76. The number of amides is 2. The van der Waals surface area contributed by atoms with E-state index < -0.39 is 16.1 Å². The molecule has 0 heterocycles. The zero-order valence-electron chi connectivity index (χ0n) is 22.0. The Balaban J connectivity index is 2.17. The normalized spacial score (nSPS) is 12.0. The van der Waals surface area contributed by atoms with Gasteiger partial charge in [0.1, 0.15) is 11.8 Å². The molecular weight excluding hydrogens is 478 g/mol. The third-order valence-electron chi connectivity index (χ3n) is 6.09. The van der Waals surface area contributed by atoms with Gasteiger partial charge in [0.15, 0.2) is 0 Å². The maximum absolute atomic E-state index is 13.4. The van der Waals surface area contributed by atoms with Crippen LogP contribution >= 0.6 is 0 Å². The largest absolute Gasteiger partial charge is 0.497 e. The molecule has 36 heavy (non-hydrogen) atoms. The average Bonchev–Trinajstić information content (AvgIpc) is 2.85. The molecule has 0 aliphatic rings. The van der Waals surface area contributed by atoms with Gasteiger partial charge in [-0.3, -0.25) is 13.9 Å². The summed E-state index contributed by atoms with van der Waals surface area (Å²) in [5, 5.41) is 2.91. The maximum atomic E-state index is 13.4. The molecule has 1 N–H and O–H groups in total. The number of methoxy groups -OCH3 is 1. The van der Waals surface area contributed by atoms with E-state index in [-0.39, 0.29) is 24.8 Å². The first-order valence-electron chi connectivity index (χ1n) is 12.3. The van der Waals surface area contributed by atoms with Gasteiger partial charge in [0.05, 0.1) is 19.1 Å². The van der Waals surface area contributed by atoms with Crippen molar-refractivity contribution in [1.82, 2.24) is 10.2 Å². The molecule has 0 bridgehead atoms. The van der Waals surface area contributed by atoms with E-state index in [9.17, 15) is 18.0 Å². The van der Waals surface area contributed by atoms with Crippen LogP contribution in [0.2, 0.25) is 0 Å². The summed E-state index contributed by atoms with van der Waals surface area (Å²) in [5.74, 6) is 0.152. The second-order valence-electron chi connectivity index (χ2n) is 8.91. The number of rotatable bonds is 14. The Morgan fingerprint density at radius 1 is 1.08 bits per heavy atom.